The average Bonchev–Trinajstić information content (AvgIpc) is 2.72. The molecule has 0 aliphatic rings. The van der Waals surface area contributed by atoms with Crippen LogP contribution in [0.3, 0.4) is 0 Å². The number of carbonyl (C=O) groups is 1. The van der Waals surface area contributed by atoms with Gasteiger partial charge in [0.2, 0.25) is 0 Å². The summed E-state index contributed by atoms with van der Waals surface area (Å²) in [5.41, 5.74) is 2.69. The van der Waals surface area contributed by atoms with Crippen LogP contribution in [-0.4, -0.2) is 16.0 Å². The van der Waals surface area contributed by atoms with Crippen molar-refractivity contribution in [1.29, 1.82) is 0 Å². The number of benzene rings is 1. The number of aromatic hydroxyl groups is 2. The second-order valence-corrected chi connectivity index (χ2v) is 8.84. The molecule has 32 heavy (non-hydrogen) atoms. The van der Waals surface area contributed by atoms with Gasteiger partial charge in [-0.2, -0.15) is 0 Å². The molecule has 0 fully saturated rings. The first-order chi connectivity index (χ1) is 15.1. The van der Waals surface area contributed by atoms with E-state index in [9.17, 15) is 19.8 Å². The van der Waals surface area contributed by atoms with Crippen molar-refractivity contribution in [2.24, 2.45) is 5.92 Å². The van der Waals surface area contributed by atoms with Gasteiger partial charge in [0, 0.05) is 17.5 Å². The lowest BCUT2D eigenvalue weighted by Gasteiger charge is -2.17. The van der Waals surface area contributed by atoms with Crippen molar-refractivity contribution < 1.29 is 19.4 Å². The van der Waals surface area contributed by atoms with Crippen LogP contribution in [-0.2, 0) is 12.8 Å². The molecular formula is C27H36O5. The van der Waals surface area contributed by atoms with Crippen LogP contribution in [0.2, 0.25) is 0 Å². The quantitative estimate of drug-likeness (QED) is 0.246. The zero-order chi connectivity index (χ0) is 24.0. The molecule has 0 spiro atoms. The number of fused-ring (bicyclic) bond motifs is 1. The van der Waals surface area contributed by atoms with E-state index < -0.39 is 5.63 Å². The molecule has 0 amide bonds. The van der Waals surface area contributed by atoms with Gasteiger partial charge in [0.15, 0.2) is 11.4 Å². The van der Waals surface area contributed by atoms with Crippen molar-refractivity contribution in [2.75, 3.05) is 0 Å². The Balaban J connectivity index is 2.71. The van der Waals surface area contributed by atoms with Crippen LogP contribution in [0.1, 0.15) is 88.7 Å². The van der Waals surface area contributed by atoms with Crippen molar-refractivity contribution in [3.8, 4) is 11.5 Å². The Hall–Kier alpha value is -2.82. The molecule has 0 saturated heterocycles. The van der Waals surface area contributed by atoms with Gasteiger partial charge in [-0.25, -0.2) is 4.79 Å². The van der Waals surface area contributed by atoms with Gasteiger partial charge in [-0.05, 0) is 58.4 Å². The maximum Gasteiger partial charge on any atom is 0.336 e. The maximum atomic E-state index is 13.2. The van der Waals surface area contributed by atoms with Gasteiger partial charge in [-0.1, -0.05) is 50.5 Å². The maximum absolute atomic E-state index is 13.2. The van der Waals surface area contributed by atoms with Gasteiger partial charge < -0.3 is 14.6 Å². The van der Waals surface area contributed by atoms with Crippen LogP contribution in [0.4, 0.5) is 0 Å². The van der Waals surface area contributed by atoms with Crippen LogP contribution in [0.5, 0.6) is 11.5 Å². The van der Waals surface area contributed by atoms with E-state index in [2.05, 4.69) is 19.9 Å². The zero-order valence-electron chi connectivity index (χ0n) is 20.2. The van der Waals surface area contributed by atoms with E-state index in [0.717, 1.165) is 24.8 Å². The van der Waals surface area contributed by atoms with Gasteiger partial charge in [-0.3, -0.25) is 4.79 Å². The zero-order valence-corrected chi connectivity index (χ0v) is 20.2. The molecule has 2 rings (SSSR count). The first kappa shape index (κ1) is 25.4. The Bertz CT molecular complexity index is 1100. The van der Waals surface area contributed by atoms with E-state index in [0.29, 0.717) is 23.8 Å². The highest BCUT2D eigenvalue weighted by Gasteiger charge is 2.28. The van der Waals surface area contributed by atoms with Gasteiger partial charge in [0.05, 0.1) is 5.39 Å². The molecule has 0 radical (unpaired) electrons. The van der Waals surface area contributed by atoms with Crippen molar-refractivity contribution >= 4 is 16.8 Å². The highest BCUT2D eigenvalue weighted by molar-refractivity contribution is 6.12. The first-order valence-corrected chi connectivity index (χ1v) is 11.5. The minimum Gasteiger partial charge on any atom is -0.507 e. The van der Waals surface area contributed by atoms with Crippen LogP contribution >= 0.6 is 0 Å². The lowest BCUT2D eigenvalue weighted by atomic mass is 9.89. The minimum absolute atomic E-state index is 0.00667. The summed E-state index contributed by atoms with van der Waals surface area (Å²) in [5.74, 6) is -1.08. The molecule has 0 bridgehead atoms. The molecule has 2 aromatic rings. The van der Waals surface area contributed by atoms with E-state index in [1.165, 1.54) is 11.6 Å². The summed E-state index contributed by atoms with van der Waals surface area (Å²) < 4.78 is 5.40. The molecule has 1 heterocycles. The second-order valence-electron chi connectivity index (χ2n) is 8.84. The third-order valence-corrected chi connectivity index (χ3v) is 5.89. The SMILES string of the molecule is CCCc1cc(=O)oc2c(C(=O)C(C)CC)c(O)c(C/C=C(\C)CCC=C(C)C)c(O)c12. The number of carbonyl (C=O) groups excluding carboxylic acids is 1. The molecule has 1 unspecified atom stereocenters. The first-order valence-electron chi connectivity index (χ1n) is 11.5. The minimum atomic E-state index is -0.597. The van der Waals surface area contributed by atoms with Crippen LogP contribution in [0.25, 0.3) is 11.0 Å². The largest absolute Gasteiger partial charge is 0.507 e. The summed E-state index contributed by atoms with van der Waals surface area (Å²) in [6.07, 6.45) is 8.09. The smallest absolute Gasteiger partial charge is 0.336 e. The Labute approximate surface area is 190 Å². The van der Waals surface area contributed by atoms with Crippen molar-refractivity contribution in [1.82, 2.24) is 0 Å². The lowest BCUT2D eigenvalue weighted by molar-refractivity contribution is 0.0925. The number of aryl methyl sites for hydroxylation is 1. The fourth-order valence-corrected chi connectivity index (χ4v) is 3.79. The molecule has 174 valence electrons. The molecule has 1 aromatic carbocycles. The van der Waals surface area contributed by atoms with E-state index >= 15 is 0 Å². The highest BCUT2D eigenvalue weighted by Crippen LogP contribution is 2.42. The third kappa shape index (κ3) is 5.70. The number of hydrogen-bond acceptors (Lipinski definition) is 5. The fourth-order valence-electron chi connectivity index (χ4n) is 3.79. The third-order valence-electron chi connectivity index (χ3n) is 5.89. The Morgan fingerprint density at radius 3 is 2.41 bits per heavy atom. The van der Waals surface area contributed by atoms with Crippen molar-refractivity contribution in [2.45, 2.75) is 80.1 Å². The summed E-state index contributed by atoms with van der Waals surface area (Å²) in [7, 11) is 0. The summed E-state index contributed by atoms with van der Waals surface area (Å²) in [6.45, 7) is 11.8. The number of allylic oxidation sites excluding steroid dienone is 4. The molecule has 0 aliphatic heterocycles. The number of phenolic OH excluding ortho intramolecular Hbond substituents is 2. The fraction of sp³-hybridized carbons (Fsp3) is 0.481. The van der Waals surface area contributed by atoms with Gasteiger partial charge in [0.25, 0.3) is 0 Å². The Morgan fingerprint density at radius 1 is 1.12 bits per heavy atom. The molecule has 0 saturated carbocycles. The van der Waals surface area contributed by atoms with Gasteiger partial charge in [-0.15, -0.1) is 0 Å². The molecule has 2 N–H and O–H groups in total. The van der Waals surface area contributed by atoms with Gasteiger partial charge >= 0.3 is 5.63 Å². The van der Waals surface area contributed by atoms with Crippen molar-refractivity contribution in [3.63, 3.8) is 0 Å². The van der Waals surface area contributed by atoms with E-state index in [1.54, 1.807) is 6.92 Å². The van der Waals surface area contributed by atoms with Crippen LogP contribution < -0.4 is 5.63 Å². The number of rotatable bonds is 10. The Morgan fingerprint density at radius 2 is 1.81 bits per heavy atom. The van der Waals surface area contributed by atoms with E-state index in [1.807, 2.05) is 26.8 Å². The molecule has 5 heteroatoms. The monoisotopic (exact) mass is 440 g/mol. The molecule has 1 atom stereocenters. The molecule has 1 aromatic heterocycles. The van der Waals surface area contributed by atoms with Crippen molar-refractivity contribution in [3.05, 3.63) is 56.5 Å². The van der Waals surface area contributed by atoms with E-state index in [-0.39, 0.29) is 46.3 Å². The normalized spacial score (nSPS) is 12.8. The second kappa shape index (κ2) is 11.2. The molecule has 0 aliphatic carbocycles. The Kier molecular flexibility index (Phi) is 8.88. The number of ketones is 1. The molecule has 5 nitrogen and oxygen atoms in total. The average molecular weight is 441 g/mol. The summed E-state index contributed by atoms with van der Waals surface area (Å²) in [6, 6.07) is 1.37. The summed E-state index contributed by atoms with van der Waals surface area (Å²) in [4.78, 5) is 25.4. The number of phenols is 2. The standard InChI is InChI=1S/C27H36O5/c1-7-10-19-15-21(28)32-27-22(19)25(30)20(14-13-17(5)12-9-11-16(3)4)26(31)23(27)24(29)18(6)8-2/h11,13,15,18,30-31H,7-10,12,14H2,1-6H3/b17-13+. The van der Waals surface area contributed by atoms with Crippen LogP contribution in [0.15, 0.2) is 38.6 Å². The number of hydrogen-bond donors (Lipinski definition) is 2. The topological polar surface area (TPSA) is 87.7 Å². The highest BCUT2D eigenvalue weighted by atomic mass is 16.4. The van der Waals surface area contributed by atoms with Gasteiger partial charge in [0.1, 0.15) is 17.1 Å². The summed E-state index contributed by atoms with van der Waals surface area (Å²) >= 11 is 0. The predicted molar refractivity (Wildman–Crippen MR) is 130 cm³/mol. The summed E-state index contributed by atoms with van der Waals surface area (Å²) in [5, 5.41) is 22.5. The molecular weight excluding hydrogens is 404 g/mol. The lowest BCUT2D eigenvalue weighted by Crippen LogP contribution is -2.14. The predicted octanol–water partition coefficient (Wildman–Crippen LogP) is 6.62. The number of Topliss-reactive ketones (excluding diaryl/α,β-unsaturated/α-hetero) is 1. The van der Waals surface area contributed by atoms with Crippen LogP contribution in [0, 0.1) is 5.92 Å². The van der Waals surface area contributed by atoms with E-state index in [4.69, 9.17) is 4.42 Å².